The predicted octanol–water partition coefficient (Wildman–Crippen LogP) is 38.6. The monoisotopic (exact) mass is 1800 g/mol. The van der Waals surface area contributed by atoms with Gasteiger partial charge in [0.25, 0.3) is 0 Å². The fourth-order valence-electron chi connectivity index (χ4n) is 19.1. The first-order valence-electron chi connectivity index (χ1n) is 44.1. The van der Waals surface area contributed by atoms with Crippen LogP contribution in [-0.2, 0) is 0 Å². The lowest BCUT2D eigenvalue weighted by molar-refractivity contribution is 0.673. The Balaban J connectivity index is 0.000000104. The summed E-state index contributed by atoms with van der Waals surface area (Å²) < 4.78 is 34.1. The Kier molecular flexibility index (Phi) is 19.0. The highest BCUT2D eigenvalue weighted by Crippen LogP contribution is 2.50. The van der Waals surface area contributed by atoms with Crippen LogP contribution in [0.2, 0.25) is 0 Å². The van der Waals surface area contributed by atoms with Crippen LogP contribution in [0.15, 0.2) is 456 Å². The molecule has 0 unspecified atom stereocenters. The van der Waals surface area contributed by atoms with Gasteiger partial charge in [0.2, 0.25) is 0 Å². The quantitative estimate of drug-likeness (QED) is 0.115. The van der Waals surface area contributed by atoms with Crippen LogP contribution in [0.5, 0.6) is 0 Å². The number of para-hydroxylation sites is 6. The zero-order chi connectivity index (χ0) is 86.9. The Morgan fingerprint density at radius 2 is 0.386 bits per heavy atom. The van der Waals surface area contributed by atoms with Crippen molar-refractivity contribution in [3.05, 3.63) is 443 Å². The van der Waals surface area contributed by atoms with Gasteiger partial charge in [-0.25, -0.2) is 0 Å². The van der Waals surface area contributed by atoms with Crippen molar-refractivity contribution in [3.8, 4) is 44.5 Å². The molecule has 0 spiro atoms. The van der Waals surface area contributed by atoms with Gasteiger partial charge in [-0.15, -0.1) is 68.0 Å². The molecule has 28 rings (SSSR count). The van der Waals surface area contributed by atoms with Gasteiger partial charge in [-0.05, 0) is 269 Å². The summed E-state index contributed by atoms with van der Waals surface area (Å²) in [4.78, 5) is 7.03. The Labute approximate surface area is 782 Å². The van der Waals surface area contributed by atoms with E-state index in [-0.39, 0.29) is 0 Å². The molecule has 28 aromatic rings. The fraction of sp³-hybridized carbons (Fsp3) is 0. The zero-order valence-electron chi connectivity index (χ0n) is 70.7. The summed E-state index contributed by atoms with van der Waals surface area (Å²) in [5, 5.41) is 15.0. The van der Waals surface area contributed by atoms with Crippen molar-refractivity contribution in [1.29, 1.82) is 0 Å². The normalized spacial score (nSPS) is 11.8. The van der Waals surface area contributed by atoms with Crippen LogP contribution in [0.25, 0.3) is 199 Å². The SMILES string of the molecule is c1ccc(N(c2ccc(-c3ccc4c(c3)sc3c5ccccc5oc43)cc2)c2ccc(-c3ccc4sc5ccccc5c4c3)cc2)cc1.c1ccc(N(c2ccc(-c3ccc4c(c3)sc3c5ccccc5oc43)cc2)c2ccc3sc4ccccc4c3c2)cc1.c1ccc(N(c2cccc(-c3ccc4c(c3)sc3c5ccccc5oc43)c2)c2ccc3sc4ccccc4c3c2)cc1. The molecule has 0 atom stereocenters. The minimum absolute atomic E-state index is 0.950. The van der Waals surface area contributed by atoms with Crippen LogP contribution in [0, 0.1) is 0 Å². The van der Waals surface area contributed by atoms with E-state index in [0.717, 1.165) is 84.7 Å². The van der Waals surface area contributed by atoms with Crippen molar-refractivity contribution in [2.45, 2.75) is 0 Å². The Morgan fingerprint density at radius 1 is 0.136 bits per heavy atom. The van der Waals surface area contributed by atoms with Crippen molar-refractivity contribution >= 4 is 274 Å². The number of benzene rings is 19. The molecule has 0 amide bonds. The van der Waals surface area contributed by atoms with Gasteiger partial charge in [-0.2, -0.15) is 0 Å². The van der Waals surface area contributed by atoms with Gasteiger partial charge < -0.3 is 28.0 Å². The Bertz CT molecular complexity index is 9320. The molecule has 622 valence electrons. The number of thiophene rings is 6. The molecule has 0 saturated heterocycles. The average molecular weight is 1800 g/mol. The van der Waals surface area contributed by atoms with Crippen molar-refractivity contribution in [3.63, 3.8) is 0 Å². The first-order chi connectivity index (χ1) is 65.4. The minimum Gasteiger partial charge on any atom is -0.454 e. The molecule has 0 saturated carbocycles. The molecule has 9 aromatic heterocycles. The molecule has 0 fully saturated rings. The molecular weight excluding hydrogens is 1720 g/mol. The molecule has 9 heterocycles. The van der Waals surface area contributed by atoms with E-state index in [4.69, 9.17) is 13.3 Å². The molecule has 0 aliphatic rings. The summed E-state index contributed by atoms with van der Waals surface area (Å²) in [6.45, 7) is 0. The summed E-state index contributed by atoms with van der Waals surface area (Å²) in [5.74, 6) is 0. The molecule has 132 heavy (non-hydrogen) atoms. The Morgan fingerprint density at radius 3 is 0.773 bits per heavy atom. The highest BCUT2D eigenvalue weighted by molar-refractivity contribution is 7.28. The third-order valence-electron chi connectivity index (χ3n) is 25.4. The van der Waals surface area contributed by atoms with E-state index in [0.29, 0.717) is 0 Å². The van der Waals surface area contributed by atoms with Crippen molar-refractivity contribution in [1.82, 2.24) is 0 Å². The van der Waals surface area contributed by atoms with Crippen LogP contribution in [0.1, 0.15) is 0 Å². The number of rotatable bonds is 13. The van der Waals surface area contributed by atoms with E-state index < -0.39 is 0 Å². The van der Waals surface area contributed by atoms with E-state index >= 15 is 0 Å². The first kappa shape index (κ1) is 77.6. The van der Waals surface area contributed by atoms with Crippen molar-refractivity contribution in [2.24, 2.45) is 0 Å². The molecular formula is C120H73N3O3S6. The van der Waals surface area contributed by atoms with E-state index in [1.165, 1.54) is 166 Å². The Hall–Kier alpha value is -15.5. The van der Waals surface area contributed by atoms with Crippen LogP contribution >= 0.6 is 68.0 Å². The van der Waals surface area contributed by atoms with E-state index in [9.17, 15) is 0 Å². The molecule has 0 bridgehead atoms. The maximum Gasteiger partial charge on any atom is 0.154 e. The van der Waals surface area contributed by atoms with Crippen molar-refractivity contribution < 1.29 is 13.3 Å². The third-order valence-corrected chi connectivity index (χ3v) is 32.4. The van der Waals surface area contributed by atoms with Crippen LogP contribution < -0.4 is 14.7 Å². The number of nitrogens with zero attached hydrogens (tertiary/aromatic N) is 3. The fourth-order valence-corrected chi connectivity index (χ4v) is 25.9. The molecule has 19 aromatic carbocycles. The van der Waals surface area contributed by atoms with Gasteiger partial charge in [0, 0.05) is 158 Å². The maximum atomic E-state index is 6.26. The van der Waals surface area contributed by atoms with Crippen molar-refractivity contribution in [2.75, 3.05) is 14.7 Å². The van der Waals surface area contributed by atoms with Crippen LogP contribution in [0.3, 0.4) is 0 Å². The molecule has 0 aliphatic carbocycles. The minimum atomic E-state index is 0.950. The summed E-state index contributed by atoms with van der Waals surface area (Å²) in [6, 6.07) is 159. The molecule has 0 radical (unpaired) electrons. The summed E-state index contributed by atoms with van der Waals surface area (Å²) in [5.41, 5.74) is 25.6. The summed E-state index contributed by atoms with van der Waals surface area (Å²) >= 11 is 11.0. The largest absolute Gasteiger partial charge is 0.454 e. The van der Waals surface area contributed by atoms with Gasteiger partial charge >= 0.3 is 0 Å². The molecule has 0 aliphatic heterocycles. The lowest BCUT2D eigenvalue weighted by Crippen LogP contribution is -2.09. The highest BCUT2D eigenvalue weighted by atomic mass is 32.1. The van der Waals surface area contributed by atoms with Crippen LogP contribution in [-0.4, -0.2) is 0 Å². The topological polar surface area (TPSA) is 49.1 Å². The number of hydrogen-bond donors (Lipinski definition) is 0. The first-order valence-corrected chi connectivity index (χ1v) is 49.0. The smallest absolute Gasteiger partial charge is 0.154 e. The van der Waals surface area contributed by atoms with Gasteiger partial charge in [-0.1, -0.05) is 218 Å². The number of furan rings is 3. The van der Waals surface area contributed by atoms with Gasteiger partial charge in [-0.3, -0.25) is 0 Å². The standard InChI is InChI=1S/C44H27NOS2.2C38H23NOS2/c1-2-8-32(9-3-1)45(33-20-14-28(15-21-33)30-19-25-41-38(26-30)35-10-5-7-13-40(35)47-41)34-22-16-29(17-23-34)31-18-24-37-42(27-31)48-44-36-11-4-6-12-39(36)46-43(37)44;1-2-10-26(11-3-1)39(28-18-20-35-32(23-28)29-13-5-7-16-34(29)41-35)27-12-8-9-24(21-27)25-17-19-31-36(22-25)42-38-30-14-4-6-15-33(30)40-37(31)38;1-2-8-26(9-3-1)39(28-19-21-35-32(23-28)29-10-5-7-13-34(29)41-35)27-17-14-24(15-18-27)25-16-20-31-36(22-25)42-38-30-11-4-6-12-33(30)40-37(31)38/h1-27H;2*1-23H. The van der Waals surface area contributed by atoms with Crippen LogP contribution in [0.4, 0.5) is 51.2 Å². The number of anilines is 9. The number of hydrogen-bond acceptors (Lipinski definition) is 12. The van der Waals surface area contributed by atoms with E-state index in [1.54, 1.807) is 0 Å². The second-order valence-corrected chi connectivity index (χ2v) is 39.7. The predicted molar refractivity (Wildman–Crippen MR) is 572 cm³/mol. The van der Waals surface area contributed by atoms with Gasteiger partial charge in [0.1, 0.15) is 16.7 Å². The number of fused-ring (bicyclic) bond motifs is 24. The van der Waals surface area contributed by atoms with Gasteiger partial charge in [0.15, 0.2) is 16.7 Å². The zero-order valence-corrected chi connectivity index (χ0v) is 75.6. The van der Waals surface area contributed by atoms with E-state index in [2.05, 4.69) is 421 Å². The third kappa shape index (κ3) is 13.7. The second kappa shape index (κ2) is 32.3. The van der Waals surface area contributed by atoms with Gasteiger partial charge in [0.05, 0.1) is 14.1 Å². The second-order valence-electron chi connectivity index (χ2n) is 33.3. The molecule has 12 heteroatoms. The summed E-state index contributed by atoms with van der Waals surface area (Å²) in [7, 11) is 0. The highest BCUT2D eigenvalue weighted by Gasteiger charge is 2.24. The average Bonchev–Trinajstić information content (AvgIpc) is 1.59. The molecule has 0 N–H and O–H groups in total. The van der Waals surface area contributed by atoms with E-state index in [1.807, 2.05) is 104 Å². The summed E-state index contributed by atoms with van der Waals surface area (Å²) in [6.07, 6.45) is 0. The maximum absolute atomic E-state index is 6.26. The lowest BCUT2D eigenvalue weighted by Gasteiger charge is -2.26. The molecule has 6 nitrogen and oxygen atoms in total. The lowest BCUT2D eigenvalue weighted by atomic mass is 10.0.